The van der Waals surface area contributed by atoms with Crippen molar-refractivity contribution in [3.05, 3.63) is 29.6 Å². The van der Waals surface area contributed by atoms with Gasteiger partial charge in [0.2, 0.25) is 5.88 Å². The first-order valence-electron chi connectivity index (χ1n) is 4.23. The molecule has 0 spiro atoms. The van der Waals surface area contributed by atoms with Gasteiger partial charge in [-0.2, -0.15) is 0 Å². The van der Waals surface area contributed by atoms with Gasteiger partial charge in [0.25, 0.3) is 0 Å². The Morgan fingerprint density at radius 2 is 2.20 bits per heavy atom. The standard InChI is InChI=1S/C10H12N2O3/c1-14-9-4-3-7(6-12-9)5-8(11)10(13)15-2/h3-6H,11H2,1-2H3. The summed E-state index contributed by atoms with van der Waals surface area (Å²) in [6, 6.07) is 3.41. The molecule has 0 radical (unpaired) electrons. The first-order chi connectivity index (χ1) is 7.17. The van der Waals surface area contributed by atoms with Crippen molar-refractivity contribution in [2.75, 3.05) is 14.2 Å². The number of hydrogen-bond donors (Lipinski definition) is 1. The molecule has 0 aliphatic carbocycles. The van der Waals surface area contributed by atoms with Gasteiger partial charge < -0.3 is 15.2 Å². The normalized spacial score (nSPS) is 10.9. The molecule has 0 aromatic carbocycles. The van der Waals surface area contributed by atoms with Crippen molar-refractivity contribution < 1.29 is 14.3 Å². The van der Waals surface area contributed by atoms with E-state index in [0.717, 1.165) is 0 Å². The lowest BCUT2D eigenvalue weighted by molar-refractivity contribution is -0.136. The van der Waals surface area contributed by atoms with Crippen molar-refractivity contribution >= 4 is 12.0 Å². The van der Waals surface area contributed by atoms with E-state index in [1.54, 1.807) is 18.3 Å². The molecule has 2 N–H and O–H groups in total. The zero-order chi connectivity index (χ0) is 11.3. The molecular weight excluding hydrogens is 196 g/mol. The zero-order valence-electron chi connectivity index (χ0n) is 8.56. The third-order valence-electron chi connectivity index (χ3n) is 1.71. The highest BCUT2D eigenvalue weighted by molar-refractivity contribution is 5.92. The lowest BCUT2D eigenvalue weighted by atomic mass is 10.2. The van der Waals surface area contributed by atoms with E-state index in [0.29, 0.717) is 11.4 Å². The number of hydrogen-bond acceptors (Lipinski definition) is 5. The first-order valence-corrected chi connectivity index (χ1v) is 4.23. The molecule has 1 rings (SSSR count). The lowest BCUT2D eigenvalue weighted by Crippen LogP contribution is -2.12. The fourth-order valence-electron chi connectivity index (χ4n) is 0.954. The maximum atomic E-state index is 11.0. The Morgan fingerprint density at radius 1 is 1.47 bits per heavy atom. The first kappa shape index (κ1) is 11.0. The Hall–Kier alpha value is -2.04. The predicted octanol–water partition coefficient (Wildman–Crippen LogP) is 0.563. The largest absolute Gasteiger partial charge is 0.481 e. The monoisotopic (exact) mass is 208 g/mol. The van der Waals surface area contributed by atoms with Crippen LogP contribution in [0.2, 0.25) is 0 Å². The minimum absolute atomic E-state index is 0.0319. The smallest absolute Gasteiger partial charge is 0.353 e. The van der Waals surface area contributed by atoms with Crippen LogP contribution in [0.25, 0.3) is 6.08 Å². The van der Waals surface area contributed by atoms with E-state index >= 15 is 0 Å². The second-order valence-electron chi connectivity index (χ2n) is 2.73. The summed E-state index contributed by atoms with van der Waals surface area (Å²) in [5.74, 6) is -0.0605. The molecule has 0 atom stereocenters. The number of aromatic nitrogens is 1. The number of nitrogens with two attached hydrogens (primary N) is 1. The van der Waals surface area contributed by atoms with Crippen LogP contribution in [-0.2, 0) is 9.53 Å². The lowest BCUT2D eigenvalue weighted by Gasteiger charge is -2.00. The number of pyridine rings is 1. The molecule has 1 aromatic rings. The summed E-state index contributed by atoms with van der Waals surface area (Å²) in [5, 5.41) is 0. The molecule has 15 heavy (non-hydrogen) atoms. The number of carbonyl (C=O) groups excluding carboxylic acids is 1. The average molecular weight is 208 g/mol. The van der Waals surface area contributed by atoms with Crippen LogP contribution in [-0.4, -0.2) is 25.2 Å². The summed E-state index contributed by atoms with van der Waals surface area (Å²) in [6.45, 7) is 0. The van der Waals surface area contributed by atoms with Gasteiger partial charge >= 0.3 is 5.97 Å². The summed E-state index contributed by atoms with van der Waals surface area (Å²) in [7, 11) is 2.80. The zero-order valence-corrected chi connectivity index (χ0v) is 8.56. The molecule has 0 aliphatic rings. The van der Waals surface area contributed by atoms with Gasteiger partial charge in [-0.15, -0.1) is 0 Å². The van der Waals surface area contributed by atoms with Gasteiger partial charge in [0.1, 0.15) is 5.70 Å². The van der Waals surface area contributed by atoms with E-state index in [4.69, 9.17) is 10.5 Å². The van der Waals surface area contributed by atoms with E-state index in [9.17, 15) is 4.79 Å². The number of esters is 1. The number of carbonyl (C=O) groups is 1. The van der Waals surface area contributed by atoms with E-state index in [-0.39, 0.29) is 5.70 Å². The minimum Gasteiger partial charge on any atom is -0.481 e. The van der Waals surface area contributed by atoms with Crippen molar-refractivity contribution in [2.45, 2.75) is 0 Å². The van der Waals surface area contributed by atoms with Gasteiger partial charge in [0, 0.05) is 12.3 Å². The van der Waals surface area contributed by atoms with Crippen molar-refractivity contribution in [1.82, 2.24) is 4.98 Å². The van der Waals surface area contributed by atoms with E-state index in [1.807, 2.05) is 0 Å². The maximum absolute atomic E-state index is 11.0. The van der Waals surface area contributed by atoms with Crippen LogP contribution < -0.4 is 10.5 Å². The summed E-state index contributed by atoms with van der Waals surface area (Å²) >= 11 is 0. The van der Waals surface area contributed by atoms with Crippen LogP contribution >= 0.6 is 0 Å². The van der Waals surface area contributed by atoms with Gasteiger partial charge in [0.15, 0.2) is 0 Å². The van der Waals surface area contributed by atoms with Crippen LogP contribution in [0.5, 0.6) is 5.88 Å². The highest BCUT2D eigenvalue weighted by atomic mass is 16.5. The fraction of sp³-hybridized carbons (Fsp3) is 0.200. The van der Waals surface area contributed by atoms with Gasteiger partial charge in [-0.1, -0.05) is 0 Å². The molecule has 0 fully saturated rings. The molecule has 80 valence electrons. The van der Waals surface area contributed by atoms with Crippen LogP contribution in [0.3, 0.4) is 0 Å². The van der Waals surface area contributed by atoms with Gasteiger partial charge in [-0.25, -0.2) is 9.78 Å². The minimum atomic E-state index is -0.564. The molecule has 5 nitrogen and oxygen atoms in total. The SMILES string of the molecule is COC(=O)C(N)=Cc1ccc(OC)nc1. The Balaban J connectivity index is 2.84. The quantitative estimate of drug-likeness (QED) is 0.580. The molecule has 0 bridgehead atoms. The summed E-state index contributed by atoms with van der Waals surface area (Å²) in [5.41, 5.74) is 6.20. The Bertz CT molecular complexity index is 371. The van der Waals surface area contributed by atoms with Crippen LogP contribution in [0.15, 0.2) is 24.0 Å². The van der Waals surface area contributed by atoms with Gasteiger partial charge in [-0.3, -0.25) is 0 Å². The van der Waals surface area contributed by atoms with Crippen LogP contribution in [0.4, 0.5) is 0 Å². The van der Waals surface area contributed by atoms with Crippen molar-refractivity contribution in [3.63, 3.8) is 0 Å². The molecule has 0 saturated heterocycles. The van der Waals surface area contributed by atoms with Crippen molar-refractivity contribution in [2.24, 2.45) is 5.73 Å². The van der Waals surface area contributed by atoms with Gasteiger partial charge in [0.05, 0.1) is 14.2 Å². The van der Waals surface area contributed by atoms with E-state index in [1.165, 1.54) is 20.3 Å². The number of rotatable bonds is 3. The van der Waals surface area contributed by atoms with E-state index in [2.05, 4.69) is 9.72 Å². The summed E-state index contributed by atoms with van der Waals surface area (Å²) in [4.78, 5) is 14.9. The Labute approximate surface area is 87.5 Å². The number of nitrogens with zero attached hydrogens (tertiary/aromatic N) is 1. The fourth-order valence-corrected chi connectivity index (χ4v) is 0.954. The van der Waals surface area contributed by atoms with Crippen molar-refractivity contribution in [1.29, 1.82) is 0 Å². The summed E-state index contributed by atoms with van der Waals surface area (Å²) in [6.07, 6.45) is 3.03. The van der Waals surface area contributed by atoms with Crippen LogP contribution in [0, 0.1) is 0 Å². The molecular formula is C10H12N2O3. The summed E-state index contributed by atoms with van der Waals surface area (Å²) < 4.78 is 9.34. The Kier molecular flexibility index (Phi) is 3.68. The molecule has 0 saturated carbocycles. The molecule has 0 aliphatic heterocycles. The highest BCUT2D eigenvalue weighted by Crippen LogP contribution is 2.09. The molecule has 0 unspecified atom stereocenters. The maximum Gasteiger partial charge on any atom is 0.353 e. The van der Waals surface area contributed by atoms with Crippen molar-refractivity contribution in [3.8, 4) is 5.88 Å². The number of methoxy groups -OCH3 is 2. The topological polar surface area (TPSA) is 74.4 Å². The third-order valence-corrected chi connectivity index (χ3v) is 1.71. The van der Waals surface area contributed by atoms with E-state index < -0.39 is 5.97 Å². The Morgan fingerprint density at radius 3 is 2.67 bits per heavy atom. The average Bonchev–Trinajstić information content (AvgIpc) is 2.29. The second kappa shape index (κ2) is 4.99. The second-order valence-corrected chi connectivity index (χ2v) is 2.73. The molecule has 1 aromatic heterocycles. The third kappa shape index (κ3) is 2.98. The van der Waals surface area contributed by atoms with Crippen LogP contribution in [0.1, 0.15) is 5.56 Å². The molecule has 0 amide bonds. The van der Waals surface area contributed by atoms with Gasteiger partial charge in [-0.05, 0) is 17.7 Å². The molecule has 1 heterocycles. The predicted molar refractivity (Wildman–Crippen MR) is 55.0 cm³/mol. The number of ether oxygens (including phenoxy) is 2. The highest BCUT2D eigenvalue weighted by Gasteiger charge is 2.03. The molecule has 5 heteroatoms.